The molecule has 2 heterocycles. The molecule has 1 aromatic heterocycles. The number of hydrogen-bond donors (Lipinski definition) is 3. The molecule has 0 radical (unpaired) electrons. The lowest BCUT2D eigenvalue weighted by Gasteiger charge is -2.25. The highest BCUT2D eigenvalue weighted by Crippen LogP contribution is 2.32. The van der Waals surface area contributed by atoms with E-state index in [1.54, 1.807) is 17.0 Å². The number of furan rings is 1. The third-order valence-corrected chi connectivity index (χ3v) is 4.74. The highest BCUT2D eigenvalue weighted by Gasteiger charge is 2.46. The summed E-state index contributed by atoms with van der Waals surface area (Å²) in [6, 6.07) is 3.38. The molecule has 0 spiro atoms. The van der Waals surface area contributed by atoms with Crippen LogP contribution in [0, 0.1) is 0 Å². The number of nitrogens with zero attached hydrogens (tertiary/aromatic N) is 2. The Bertz CT molecular complexity index is 629. The number of nitrogens with two attached hydrogens (primary N) is 1. The summed E-state index contributed by atoms with van der Waals surface area (Å²) in [5.41, 5.74) is 5.40. The summed E-state index contributed by atoms with van der Waals surface area (Å²) in [7, 11) is 0. The summed E-state index contributed by atoms with van der Waals surface area (Å²) in [6.07, 6.45) is 7.64. The number of aliphatic imine (C=N–C) groups is 1. The van der Waals surface area contributed by atoms with E-state index in [2.05, 4.69) is 23.8 Å². The average Bonchev–Trinajstić information content (AvgIpc) is 3.24. The average molecular weight is 363 g/mol. The fraction of sp³-hybridized carbons (Fsp3) is 0.632. The van der Waals surface area contributed by atoms with Gasteiger partial charge in [-0.3, -0.25) is 9.69 Å². The fourth-order valence-electron chi connectivity index (χ4n) is 3.23. The van der Waals surface area contributed by atoms with Gasteiger partial charge >= 0.3 is 5.90 Å². The molecule has 1 aromatic rings. The maximum Gasteiger partial charge on any atom is 0.402 e. The fourth-order valence-corrected chi connectivity index (χ4v) is 3.23. The van der Waals surface area contributed by atoms with Gasteiger partial charge in [-0.25, -0.2) is 9.98 Å². The van der Waals surface area contributed by atoms with Crippen molar-refractivity contribution in [3.63, 3.8) is 0 Å². The van der Waals surface area contributed by atoms with Crippen LogP contribution in [-0.4, -0.2) is 46.4 Å². The van der Waals surface area contributed by atoms with E-state index in [-0.39, 0.29) is 11.8 Å². The predicted molar refractivity (Wildman–Crippen MR) is 101 cm³/mol. The van der Waals surface area contributed by atoms with Gasteiger partial charge in [-0.15, -0.1) is 0 Å². The highest BCUT2D eigenvalue weighted by molar-refractivity contribution is 6.06. The molecule has 4 N–H and O–H groups in total. The molecule has 144 valence electrons. The van der Waals surface area contributed by atoms with Crippen LogP contribution < -0.4 is 10.7 Å². The lowest BCUT2D eigenvalue weighted by molar-refractivity contribution is -0.466. The largest absolute Gasteiger partial charge is 0.457 e. The Kier molecular flexibility index (Phi) is 7.24. The quantitative estimate of drug-likeness (QED) is 0.313. The number of nitrogens with one attached hydrogen (secondary N) is 1. The smallest absolute Gasteiger partial charge is 0.402 e. The van der Waals surface area contributed by atoms with Crippen LogP contribution in [0.1, 0.15) is 64.6 Å². The van der Waals surface area contributed by atoms with Crippen LogP contribution in [0.2, 0.25) is 0 Å². The Morgan fingerprint density at radius 1 is 1.31 bits per heavy atom. The molecule has 0 saturated carbocycles. The van der Waals surface area contributed by atoms with Crippen molar-refractivity contribution < 1.29 is 19.3 Å². The van der Waals surface area contributed by atoms with Crippen LogP contribution in [0.3, 0.4) is 0 Å². The Labute approximate surface area is 155 Å². The molecule has 26 heavy (non-hydrogen) atoms. The van der Waals surface area contributed by atoms with Gasteiger partial charge in [0.15, 0.2) is 5.96 Å². The zero-order valence-corrected chi connectivity index (χ0v) is 15.8. The maximum absolute atomic E-state index is 13.0. The van der Waals surface area contributed by atoms with Crippen molar-refractivity contribution in [2.45, 2.75) is 64.3 Å². The minimum Gasteiger partial charge on any atom is -0.457 e. The molecule has 1 amide bonds. The number of aliphatic hydroxyl groups excluding tert-OH is 1. The molecule has 7 nitrogen and oxygen atoms in total. The standard InChI is InChI=1S/C19H30N4O3/c1-3-5-10-19(11-6-4-2)17(25)23(18(20)22-19)13-8-12-21-16(24)15-9-7-14-26-15/h7,9,14H,3-6,8,10-13H2,1-2H3,(H2,20,22)(H,21,24)/p+1. The minimum absolute atomic E-state index is 0.00961. The highest BCUT2D eigenvalue weighted by atomic mass is 16.4. The van der Waals surface area contributed by atoms with Crippen LogP contribution in [0.4, 0.5) is 0 Å². The van der Waals surface area contributed by atoms with E-state index in [0.717, 1.165) is 38.5 Å². The second-order valence-electron chi connectivity index (χ2n) is 6.77. The van der Waals surface area contributed by atoms with Gasteiger partial charge in [-0.2, -0.15) is 0 Å². The second-order valence-corrected chi connectivity index (χ2v) is 6.77. The van der Waals surface area contributed by atoms with Crippen LogP contribution in [0.15, 0.2) is 27.8 Å². The van der Waals surface area contributed by atoms with E-state index >= 15 is 0 Å². The first kappa shape index (κ1) is 20.0. The Morgan fingerprint density at radius 2 is 2.00 bits per heavy atom. The summed E-state index contributed by atoms with van der Waals surface area (Å²) >= 11 is 0. The summed E-state index contributed by atoms with van der Waals surface area (Å²) < 4.78 is 5.11. The number of unbranched alkanes of at least 4 members (excludes halogenated alkanes) is 2. The Hall–Kier alpha value is -2.31. The van der Waals surface area contributed by atoms with Crippen molar-refractivity contribution in [1.29, 1.82) is 0 Å². The van der Waals surface area contributed by atoms with Gasteiger partial charge in [0.05, 0.1) is 6.26 Å². The van der Waals surface area contributed by atoms with Crippen molar-refractivity contribution >= 4 is 17.8 Å². The third-order valence-electron chi connectivity index (χ3n) is 4.74. The molecule has 0 saturated heterocycles. The molecule has 0 aromatic carbocycles. The van der Waals surface area contributed by atoms with E-state index in [9.17, 15) is 9.90 Å². The molecule has 0 atom stereocenters. The van der Waals surface area contributed by atoms with E-state index in [4.69, 9.17) is 10.2 Å². The Morgan fingerprint density at radius 3 is 2.58 bits per heavy atom. The molecule has 2 rings (SSSR count). The SMILES string of the molecule is CCCCC1(CCCC)N=C(N)N(CCC[NH+]=C(O)c2ccco2)C1=O. The lowest BCUT2D eigenvalue weighted by atomic mass is 9.87. The number of carbonyl (C=O) groups is 1. The van der Waals surface area contributed by atoms with Gasteiger partial charge in [-0.05, 0) is 25.0 Å². The van der Waals surface area contributed by atoms with E-state index in [0.29, 0.717) is 31.2 Å². The molecule has 0 unspecified atom stereocenters. The van der Waals surface area contributed by atoms with Crippen molar-refractivity contribution in [1.82, 2.24) is 4.90 Å². The summed E-state index contributed by atoms with van der Waals surface area (Å²) in [5.74, 6) is 0.726. The maximum atomic E-state index is 13.0. The van der Waals surface area contributed by atoms with Crippen LogP contribution >= 0.6 is 0 Å². The normalized spacial score (nSPS) is 17.0. The van der Waals surface area contributed by atoms with Gasteiger partial charge in [-0.1, -0.05) is 39.5 Å². The molecule has 1 aliphatic heterocycles. The number of carbonyl (C=O) groups excluding carboxylic acids is 1. The van der Waals surface area contributed by atoms with Gasteiger partial charge in [0.25, 0.3) is 5.91 Å². The predicted octanol–water partition coefficient (Wildman–Crippen LogP) is 1.33. The molecule has 7 heteroatoms. The molecule has 1 aliphatic rings. The number of guanidine groups is 1. The molecule has 0 aliphatic carbocycles. The number of aliphatic hydroxyl groups is 1. The minimum atomic E-state index is -0.675. The summed E-state index contributed by atoms with van der Waals surface area (Å²) in [6.45, 7) is 5.21. The lowest BCUT2D eigenvalue weighted by Crippen LogP contribution is -2.73. The van der Waals surface area contributed by atoms with Gasteiger partial charge < -0.3 is 15.3 Å². The van der Waals surface area contributed by atoms with E-state index in [1.165, 1.54) is 6.26 Å². The molecular weight excluding hydrogens is 332 g/mol. The van der Waals surface area contributed by atoms with Crippen molar-refractivity contribution in [2.75, 3.05) is 13.1 Å². The number of rotatable bonds is 11. The first-order chi connectivity index (χ1) is 12.5. The summed E-state index contributed by atoms with van der Waals surface area (Å²) in [4.78, 5) is 22.1. The molecule has 0 bridgehead atoms. The van der Waals surface area contributed by atoms with Gasteiger partial charge in [0.2, 0.25) is 5.76 Å². The van der Waals surface area contributed by atoms with E-state index in [1.807, 2.05) is 0 Å². The van der Waals surface area contributed by atoms with Crippen LogP contribution in [-0.2, 0) is 4.79 Å². The summed E-state index contributed by atoms with van der Waals surface area (Å²) in [5, 5.41) is 9.87. The van der Waals surface area contributed by atoms with Gasteiger partial charge in [0, 0.05) is 13.0 Å². The first-order valence-electron chi connectivity index (χ1n) is 9.55. The zero-order chi connectivity index (χ0) is 19.0. The van der Waals surface area contributed by atoms with Crippen molar-refractivity contribution in [3.8, 4) is 0 Å². The monoisotopic (exact) mass is 363 g/mol. The first-order valence-corrected chi connectivity index (χ1v) is 9.55. The van der Waals surface area contributed by atoms with Crippen LogP contribution in [0.25, 0.3) is 0 Å². The zero-order valence-electron chi connectivity index (χ0n) is 15.8. The Balaban J connectivity index is 1.94. The van der Waals surface area contributed by atoms with Crippen molar-refractivity contribution in [3.05, 3.63) is 24.2 Å². The third kappa shape index (κ3) is 4.65. The second kappa shape index (κ2) is 9.40. The molecular formula is C19H31N4O3+. The van der Waals surface area contributed by atoms with Gasteiger partial charge in [0.1, 0.15) is 12.1 Å². The number of hydrogen-bond acceptors (Lipinski definition) is 4. The van der Waals surface area contributed by atoms with Crippen LogP contribution in [0.5, 0.6) is 0 Å². The topological polar surface area (TPSA) is 106 Å². The number of amides is 1. The van der Waals surface area contributed by atoms with Crippen molar-refractivity contribution in [2.24, 2.45) is 10.7 Å². The van der Waals surface area contributed by atoms with E-state index < -0.39 is 5.54 Å². The molecule has 0 fully saturated rings.